The lowest BCUT2D eigenvalue weighted by molar-refractivity contribution is -0.118. The molecule has 182 valence electrons. The van der Waals surface area contributed by atoms with Gasteiger partial charge >= 0.3 is 6.09 Å². The quantitative estimate of drug-likeness (QED) is 0.493. The minimum atomic E-state index is -1.11. The van der Waals surface area contributed by atoms with E-state index in [4.69, 9.17) is 22.1 Å². The lowest BCUT2D eigenvalue weighted by Gasteiger charge is -2.29. The molecule has 1 aromatic heterocycles. The van der Waals surface area contributed by atoms with Gasteiger partial charge in [-0.3, -0.25) is 19.5 Å². The second-order valence-electron chi connectivity index (χ2n) is 8.17. The summed E-state index contributed by atoms with van der Waals surface area (Å²) in [5, 5.41) is 9.85. The maximum atomic E-state index is 13.4. The Hall–Kier alpha value is -3.33. The molecule has 0 bridgehead atoms. The largest absolute Gasteiger partial charge is 0.492 e. The molecule has 1 heterocycles. The second kappa shape index (κ2) is 12.2. The fourth-order valence-corrected chi connectivity index (χ4v) is 4.36. The van der Waals surface area contributed by atoms with Gasteiger partial charge in [0.05, 0.1) is 12.2 Å². The molecule has 1 aliphatic rings. The summed E-state index contributed by atoms with van der Waals surface area (Å²) >= 11 is 6.27. The molecule has 0 atom stereocenters. The van der Waals surface area contributed by atoms with Crippen molar-refractivity contribution in [3.8, 4) is 5.75 Å². The number of hydrogen-bond acceptors (Lipinski definition) is 5. The fourth-order valence-electron chi connectivity index (χ4n) is 4.14. The predicted molar refractivity (Wildman–Crippen MR) is 128 cm³/mol. The minimum absolute atomic E-state index is 0.0630. The van der Waals surface area contributed by atoms with Crippen LogP contribution in [0.15, 0.2) is 42.7 Å². The zero-order chi connectivity index (χ0) is 24.5. The first-order valence-electron chi connectivity index (χ1n) is 11.3. The highest BCUT2D eigenvalue weighted by molar-refractivity contribution is 6.31. The highest BCUT2D eigenvalue weighted by Gasteiger charge is 2.27. The Morgan fingerprint density at radius 1 is 1.12 bits per heavy atom. The van der Waals surface area contributed by atoms with Crippen LogP contribution in [0.4, 0.5) is 10.5 Å². The number of anilines is 1. The molecular formula is C24H29ClN4O5. The molecule has 10 heteroatoms. The normalized spacial score (nSPS) is 13.4. The van der Waals surface area contributed by atoms with Crippen LogP contribution in [0.5, 0.6) is 5.75 Å². The molecule has 0 unspecified atom stereocenters. The third-order valence-electron chi connectivity index (χ3n) is 5.76. The number of benzene rings is 1. The highest BCUT2D eigenvalue weighted by atomic mass is 35.5. The Balaban J connectivity index is 1.69. The van der Waals surface area contributed by atoms with Gasteiger partial charge in [-0.25, -0.2) is 4.79 Å². The number of nitrogens with two attached hydrogens (primary N) is 1. The number of carboxylic acid groups (broad SMARTS) is 1. The zero-order valence-corrected chi connectivity index (χ0v) is 19.6. The van der Waals surface area contributed by atoms with Crippen molar-refractivity contribution in [2.45, 2.75) is 44.6 Å². The highest BCUT2D eigenvalue weighted by Crippen LogP contribution is 2.28. The van der Waals surface area contributed by atoms with E-state index >= 15 is 0 Å². The van der Waals surface area contributed by atoms with E-state index in [1.807, 2.05) is 0 Å². The number of amides is 3. The van der Waals surface area contributed by atoms with Crippen LogP contribution in [-0.2, 0) is 4.79 Å². The summed E-state index contributed by atoms with van der Waals surface area (Å²) in [5.41, 5.74) is 6.13. The number of aromatic nitrogens is 1. The van der Waals surface area contributed by atoms with E-state index in [9.17, 15) is 19.5 Å². The molecule has 34 heavy (non-hydrogen) atoms. The third kappa shape index (κ3) is 7.08. The summed E-state index contributed by atoms with van der Waals surface area (Å²) in [7, 11) is 0. The maximum absolute atomic E-state index is 13.4. The van der Waals surface area contributed by atoms with Gasteiger partial charge in [0.2, 0.25) is 5.91 Å². The van der Waals surface area contributed by atoms with Crippen LogP contribution in [0.25, 0.3) is 0 Å². The van der Waals surface area contributed by atoms with Crippen LogP contribution in [0.1, 0.15) is 48.9 Å². The van der Waals surface area contributed by atoms with Crippen molar-refractivity contribution in [2.75, 3.05) is 24.6 Å². The summed E-state index contributed by atoms with van der Waals surface area (Å²) in [5.74, 6) is -0.188. The molecule has 1 aliphatic carbocycles. The summed E-state index contributed by atoms with van der Waals surface area (Å²) in [6, 6.07) is 8.10. The number of primary amides is 1. The third-order valence-corrected chi connectivity index (χ3v) is 5.97. The Kier molecular flexibility index (Phi) is 9.09. The van der Waals surface area contributed by atoms with Gasteiger partial charge in [0.15, 0.2) is 0 Å². The van der Waals surface area contributed by atoms with E-state index in [1.54, 1.807) is 35.2 Å². The van der Waals surface area contributed by atoms with Crippen LogP contribution in [0.3, 0.4) is 0 Å². The maximum Gasteiger partial charge on any atom is 0.411 e. The van der Waals surface area contributed by atoms with Gasteiger partial charge in [-0.05, 0) is 49.6 Å². The van der Waals surface area contributed by atoms with Gasteiger partial charge < -0.3 is 20.5 Å². The smallest absolute Gasteiger partial charge is 0.411 e. The molecule has 3 amide bonds. The Labute approximate surface area is 203 Å². The number of hydrogen-bond donors (Lipinski definition) is 2. The van der Waals surface area contributed by atoms with Gasteiger partial charge in [-0.2, -0.15) is 0 Å². The summed E-state index contributed by atoms with van der Waals surface area (Å²) < 4.78 is 5.76. The second-order valence-corrected chi connectivity index (χ2v) is 8.61. The first-order valence-corrected chi connectivity index (χ1v) is 11.7. The standard InChI is InChI=1S/C24H29ClN4O5/c25-18-14-17(23(31)28(11-3-6-22(26)30)19-4-1-2-5-19)15-21(16-18)34-13-12-29(24(32)33)20-7-9-27-10-8-20/h7-10,14-16,19H,1-6,11-13H2,(H2,26,30)(H,32,33). The number of halogens is 1. The van der Waals surface area contributed by atoms with Gasteiger partial charge in [0.25, 0.3) is 5.91 Å². The van der Waals surface area contributed by atoms with Crippen molar-refractivity contribution in [2.24, 2.45) is 5.73 Å². The lowest BCUT2D eigenvalue weighted by Crippen LogP contribution is -2.40. The summed E-state index contributed by atoms with van der Waals surface area (Å²) in [6.45, 7) is 0.582. The molecule has 1 aromatic carbocycles. The molecule has 3 N–H and O–H groups in total. The van der Waals surface area contributed by atoms with Gasteiger partial charge in [0, 0.05) is 42.0 Å². The average molecular weight is 489 g/mol. The molecule has 9 nitrogen and oxygen atoms in total. The Morgan fingerprint density at radius 3 is 2.47 bits per heavy atom. The monoisotopic (exact) mass is 488 g/mol. The number of nitrogens with zero attached hydrogens (tertiary/aromatic N) is 3. The van der Waals surface area contributed by atoms with Crippen molar-refractivity contribution >= 4 is 35.2 Å². The molecule has 0 spiro atoms. The lowest BCUT2D eigenvalue weighted by atomic mass is 10.1. The van der Waals surface area contributed by atoms with Gasteiger partial charge in [-0.1, -0.05) is 24.4 Å². The Morgan fingerprint density at radius 2 is 1.82 bits per heavy atom. The molecule has 0 saturated heterocycles. The Bertz CT molecular complexity index is 998. The van der Waals surface area contributed by atoms with Crippen LogP contribution in [-0.4, -0.2) is 58.6 Å². The minimum Gasteiger partial charge on any atom is -0.492 e. The molecule has 0 radical (unpaired) electrons. The van der Waals surface area contributed by atoms with E-state index in [-0.39, 0.29) is 37.4 Å². The first kappa shape index (κ1) is 25.3. The number of carbonyl (C=O) groups excluding carboxylic acids is 2. The topological polar surface area (TPSA) is 126 Å². The molecular weight excluding hydrogens is 460 g/mol. The number of rotatable bonds is 11. The van der Waals surface area contributed by atoms with E-state index < -0.39 is 6.09 Å². The summed E-state index contributed by atoms with van der Waals surface area (Å²) in [4.78, 5) is 43.0. The van der Waals surface area contributed by atoms with E-state index in [0.717, 1.165) is 30.6 Å². The van der Waals surface area contributed by atoms with Crippen molar-refractivity contribution < 1.29 is 24.2 Å². The van der Waals surface area contributed by atoms with Gasteiger partial charge in [-0.15, -0.1) is 0 Å². The number of pyridine rings is 1. The van der Waals surface area contributed by atoms with Crippen LogP contribution < -0.4 is 15.4 Å². The molecule has 1 saturated carbocycles. The van der Waals surface area contributed by atoms with Crippen LogP contribution >= 0.6 is 11.6 Å². The van der Waals surface area contributed by atoms with Crippen molar-refractivity contribution in [1.29, 1.82) is 0 Å². The molecule has 1 fully saturated rings. The fraction of sp³-hybridized carbons (Fsp3) is 0.417. The first-order chi connectivity index (χ1) is 16.3. The van der Waals surface area contributed by atoms with Crippen molar-refractivity contribution in [3.05, 3.63) is 53.3 Å². The van der Waals surface area contributed by atoms with Gasteiger partial charge in [0.1, 0.15) is 12.4 Å². The van der Waals surface area contributed by atoms with E-state index in [1.165, 1.54) is 12.4 Å². The molecule has 2 aromatic rings. The predicted octanol–water partition coefficient (Wildman–Crippen LogP) is 3.95. The van der Waals surface area contributed by atoms with E-state index in [2.05, 4.69) is 4.98 Å². The SMILES string of the molecule is NC(=O)CCCN(C(=O)c1cc(Cl)cc(OCCN(C(=O)O)c2ccncc2)c1)C1CCCC1. The zero-order valence-electron chi connectivity index (χ0n) is 18.9. The number of ether oxygens (including phenoxy) is 1. The van der Waals surface area contributed by atoms with Crippen molar-refractivity contribution in [1.82, 2.24) is 9.88 Å². The summed E-state index contributed by atoms with van der Waals surface area (Å²) in [6.07, 6.45) is 6.61. The van der Waals surface area contributed by atoms with E-state index in [0.29, 0.717) is 35.0 Å². The molecule has 3 rings (SSSR count). The average Bonchev–Trinajstić information content (AvgIpc) is 3.33. The van der Waals surface area contributed by atoms with Crippen molar-refractivity contribution in [3.63, 3.8) is 0 Å². The van der Waals surface area contributed by atoms with Crippen LogP contribution in [0, 0.1) is 0 Å². The van der Waals surface area contributed by atoms with Crippen LogP contribution in [0.2, 0.25) is 5.02 Å². The number of carbonyl (C=O) groups is 3. The molecule has 0 aliphatic heterocycles.